The molecule has 1 heterocycles. The predicted molar refractivity (Wildman–Crippen MR) is 64.5 cm³/mol. The molecule has 0 spiro atoms. The molecular weight excluding hydrogens is 275 g/mol. The summed E-state index contributed by atoms with van der Waals surface area (Å²) in [6.45, 7) is 1.03. The topological polar surface area (TPSA) is 58.6 Å². The number of carboxylic acids is 1. The summed E-state index contributed by atoms with van der Waals surface area (Å²) in [5, 5.41) is 12.0. The lowest BCUT2D eigenvalue weighted by molar-refractivity contribution is -0.274. The molecule has 1 fully saturated rings. The number of hydrogen-bond donors (Lipinski definition) is 2. The third-order valence-corrected chi connectivity index (χ3v) is 3.28. The SMILES string of the molecule is O=C(O)C1CNCC(c2ccc(OC(F)(F)F)cc2)C1. The highest BCUT2D eigenvalue weighted by molar-refractivity contribution is 5.70. The number of piperidine rings is 1. The first-order valence-electron chi connectivity index (χ1n) is 6.14. The van der Waals surface area contributed by atoms with Gasteiger partial charge in [0.15, 0.2) is 0 Å². The molecule has 0 radical (unpaired) electrons. The van der Waals surface area contributed by atoms with Gasteiger partial charge in [-0.05, 0) is 30.0 Å². The Morgan fingerprint density at radius 2 is 1.90 bits per heavy atom. The van der Waals surface area contributed by atoms with Crippen LogP contribution in [0.2, 0.25) is 0 Å². The van der Waals surface area contributed by atoms with Crippen LogP contribution in [-0.2, 0) is 4.79 Å². The number of rotatable bonds is 3. The predicted octanol–water partition coefficient (Wildman–Crippen LogP) is 2.36. The molecule has 2 N–H and O–H groups in total. The number of ether oxygens (including phenoxy) is 1. The summed E-state index contributed by atoms with van der Waals surface area (Å²) in [6, 6.07) is 5.57. The van der Waals surface area contributed by atoms with Crippen LogP contribution in [0.1, 0.15) is 17.9 Å². The lowest BCUT2D eigenvalue weighted by atomic mass is 9.85. The van der Waals surface area contributed by atoms with Gasteiger partial charge in [-0.3, -0.25) is 4.79 Å². The van der Waals surface area contributed by atoms with Gasteiger partial charge in [-0.1, -0.05) is 12.1 Å². The molecule has 1 saturated heterocycles. The fourth-order valence-corrected chi connectivity index (χ4v) is 2.33. The Labute approximate surface area is 113 Å². The van der Waals surface area contributed by atoms with Crippen molar-refractivity contribution in [3.8, 4) is 5.75 Å². The zero-order valence-electron chi connectivity index (χ0n) is 10.5. The molecule has 1 aliphatic heterocycles. The van der Waals surface area contributed by atoms with Gasteiger partial charge < -0.3 is 15.2 Å². The summed E-state index contributed by atoms with van der Waals surface area (Å²) in [6.07, 6.45) is -4.23. The molecule has 110 valence electrons. The van der Waals surface area contributed by atoms with E-state index in [1.54, 1.807) is 0 Å². The molecule has 0 bridgehead atoms. The molecular formula is C13H14F3NO3. The van der Waals surface area contributed by atoms with E-state index < -0.39 is 18.2 Å². The van der Waals surface area contributed by atoms with E-state index in [2.05, 4.69) is 10.1 Å². The van der Waals surface area contributed by atoms with Crippen molar-refractivity contribution < 1.29 is 27.8 Å². The van der Waals surface area contributed by atoms with Gasteiger partial charge in [0.1, 0.15) is 5.75 Å². The van der Waals surface area contributed by atoms with E-state index in [1.807, 2.05) is 0 Å². The minimum atomic E-state index is -4.71. The third-order valence-electron chi connectivity index (χ3n) is 3.28. The van der Waals surface area contributed by atoms with Crippen LogP contribution >= 0.6 is 0 Å². The molecule has 7 heteroatoms. The Morgan fingerprint density at radius 3 is 2.45 bits per heavy atom. The van der Waals surface area contributed by atoms with Crippen LogP contribution in [0.25, 0.3) is 0 Å². The van der Waals surface area contributed by atoms with Crippen LogP contribution < -0.4 is 10.1 Å². The second-order valence-corrected chi connectivity index (χ2v) is 4.74. The first-order valence-corrected chi connectivity index (χ1v) is 6.14. The van der Waals surface area contributed by atoms with E-state index in [0.29, 0.717) is 19.5 Å². The number of alkyl halides is 3. The lowest BCUT2D eigenvalue weighted by Gasteiger charge is -2.28. The van der Waals surface area contributed by atoms with Crippen LogP contribution in [0.5, 0.6) is 5.75 Å². The highest BCUT2D eigenvalue weighted by atomic mass is 19.4. The monoisotopic (exact) mass is 289 g/mol. The number of halogens is 3. The maximum Gasteiger partial charge on any atom is 0.573 e. The van der Waals surface area contributed by atoms with Crippen molar-refractivity contribution in [3.63, 3.8) is 0 Å². The molecule has 1 aromatic carbocycles. The number of carbonyl (C=O) groups is 1. The molecule has 1 aromatic rings. The molecule has 20 heavy (non-hydrogen) atoms. The minimum Gasteiger partial charge on any atom is -0.481 e. The summed E-state index contributed by atoms with van der Waals surface area (Å²) in [5.74, 6) is -1.64. The Morgan fingerprint density at radius 1 is 1.25 bits per heavy atom. The van der Waals surface area contributed by atoms with Crippen molar-refractivity contribution in [2.45, 2.75) is 18.7 Å². The van der Waals surface area contributed by atoms with Gasteiger partial charge in [0.2, 0.25) is 0 Å². The molecule has 2 unspecified atom stereocenters. The van der Waals surface area contributed by atoms with E-state index in [4.69, 9.17) is 5.11 Å². The number of carboxylic acid groups (broad SMARTS) is 1. The Kier molecular flexibility index (Phi) is 4.17. The van der Waals surface area contributed by atoms with Crippen molar-refractivity contribution >= 4 is 5.97 Å². The van der Waals surface area contributed by atoms with Crippen LogP contribution in [0, 0.1) is 5.92 Å². The van der Waals surface area contributed by atoms with E-state index >= 15 is 0 Å². The van der Waals surface area contributed by atoms with Gasteiger partial charge in [0, 0.05) is 13.1 Å². The third kappa shape index (κ3) is 3.86. The van der Waals surface area contributed by atoms with Crippen molar-refractivity contribution in [3.05, 3.63) is 29.8 Å². The molecule has 1 aliphatic rings. The number of benzene rings is 1. The number of nitrogens with one attached hydrogen (secondary N) is 1. The van der Waals surface area contributed by atoms with Crippen molar-refractivity contribution in [2.75, 3.05) is 13.1 Å². The lowest BCUT2D eigenvalue weighted by Crippen LogP contribution is -2.38. The zero-order valence-corrected chi connectivity index (χ0v) is 10.5. The highest BCUT2D eigenvalue weighted by Crippen LogP contribution is 2.29. The first kappa shape index (κ1) is 14.6. The van der Waals surface area contributed by atoms with Gasteiger partial charge in [-0.15, -0.1) is 13.2 Å². The molecule has 0 aliphatic carbocycles. The Bertz CT molecular complexity index is 473. The second-order valence-electron chi connectivity index (χ2n) is 4.74. The van der Waals surface area contributed by atoms with Gasteiger partial charge in [0.25, 0.3) is 0 Å². The summed E-state index contributed by atoms with van der Waals surface area (Å²) in [4.78, 5) is 11.0. The normalized spacial score (nSPS) is 23.4. The summed E-state index contributed by atoms with van der Waals surface area (Å²) < 4.78 is 39.9. The smallest absolute Gasteiger partial charge is 0.481 e. The zero-order chi connectivity index (χ0) is 14.8. The Balaban J connectivity index is 2.04. The molecule has 2 atom stereocenters. The molecule has 0 amide bonds. The summed E-state index contributed by atoms with van der Waals surface area (Å²) >= 11 is 0. The average Bonchev–Trinajstić information content (AvgIpc) is 2.38. The van der Waals surface area contributed by atoms with E-state index in [9.17, 15) is 18.0 Å². The van der Waals surface area contributed by atoms with Gasteiger partial charge in [-0.2, -0.15) is 0 Å². The summed E-state index contributed by atoms with van der Waals surface area (Å²) in [7, 11) is 0. The fraction of sp³-hybridized carbons (Fsp3) is 0.462. The maximum atomic E-state index is 12.0. The van der Waals surface area contributed by atoms with E-state index in [1.165, 1.54) is 24.3 Å². The van der Waals surface area contributed by atoms with Gasteiger partial charge in [0.05, 0.1) is 5.92 Å². The maximum absolute atomic E-state index is 12.0. The summed E-state index contributed by atoms with van der Waals surface area (Å²) in [5.41, 5.74) is 0.804. The molecule has 2 rings (SSSR count). The largest absolute Gasteiger partial charge is 0.573 e. The Hall–Kier alpha value is -1.76. The molecule has 0 aromatic heterocycles. The first-order chi connectivity index (χ1) is 9.35. The van der Waals surface area contributed by atoms with Crippen LogP contribution in [0.4, 0.5) is 13.2 Å². The quantitative estimate of drug-likeness (QED) is 0.897. The van der Waals surface area contributed by atoms with E-state index in [0.717, 1.165) is 5.56 Å². The van der Waals surface area contributed by atoms with Crippen LogP contribution in [-0.4, -0.2) is 30.5 Å². The van der Waals surface area contributed by atoms with Crippen molar-refractivity contribution in [1.82, 2.24) is 5.32 Å². The average molecular weight is 289 g/mol. The van der Waals surface area contributed by atoms with Crippen LogP contribution in [0.15, 0.2) is 24.3 Å². The number of aliphatic carboxylic acids is 1. The van der Waals surface area contributed by atoms with Crippen molar-refractivity contribution in [1.29, 1.82) is 0 Å². The van der Waals surface area contributed by atoms with E-state index in [-0.39, 0.29) is 11.7 Å². The van der Waals surface area contributed by atoms with Crippen molar-refractivity contribution in [2.24, 2.45) is 5.92 Å². The highest BCUT2D eigenvalue weighted by Gasteiger charge is 2.31. The van der Waals surface area contributed by atoms with Crippen LogP contribution in [0.3, 0.4) is 0 Å². The standard InChI is InChI=1S/C13H14F3NO3/c14-13(15,16)20-11-3-1-8(2-4-11)9-5-10(12(18)19)7-17-6-9/h1-4,9-10,17H,5-7H2,(H,18,19). The molecule has 0 saturated carbocycles. The minimum absolute atomic E-state index is 0.0233. The van der Waals surface area contributed by atoms with Gasteiger partial charge in [-0.25, -0.2) is 0 Å². The molecule has 4 nitrogen and oxygen atoms in total. The fourth-order valence-electron chi connectivity index (χ4n) is 2.33. The van der Waals surface area contributed by atoms with Gasteiger partial charge >= 0.3 is 12.3 Å². The second kappa shape index (κ2) is 5.70. The number of hydrogen-bond acceptors (Lipinski definition) is 3.